The van der Waals surface area contributed by atoms with Gasteiger partial charge in [-0.15, -0.1) is 0 Å². The number of carbonyl (C=O) groups excluding carboxylic acids is 3. The van der Waals surface area contributed by atoms with Crippen molar-refractivity contribution in [1.29, 1.82) is 0 Å². The van der Waals surface area contributed by atoms with Crippen molar-refractivity contribution in [1.82, 2.24) is 10.6 Å². The predicted molar refractivity (Wildman–Crippen MR) is 77.1 cm³/mol. The van der Waals surface area contributed by atoms with Crippen LogP contribution in [0, 0.1) is 0 Å². The fourth-order valence-corrected chi connectivity index (χ4v) is 2.76. The SMILES string of the molecule is CCc1ccc2c(c1)NC1(CN2C)C(=O)NC(=O)NC1=O. The number of urea groups is 1. The molecule has 1 fully saturated rings. The molecule has 110 valence electrons. The molecule has 3 N–H and O–H groups in total. The molecule has 0 atom stereocenters. The van der Waals surface area contributed by atoms with E-state index in [2.05, 4.69) is 16.0 Å². The first-order valence-corrected chi connectivity index (χ1v) is 6.75. The van der Waals surface area contributed by atoms with Crippen LogP contribution >= 0.6 is 0 Å². The predicted octanol–water partition coefficient (Wildman–Crippen LogP) is 0.215. The van der Waals surface area contributed by atoms with E-state index < -0.39 is 23.4 Å². The molecule has 1 saturated heterocycles. The Bertz CT molecular complexity index is 636. The summed E-state index contributed by atoms with van der Waals surface area (Å²) >= 11 is 0. The van der Waals surface area contributed by atoms with Crippen LogP contribution in [0.2, 0.25) is 0 Å². The molecule has 1 aromatic carbocycles. The van der Waals surface area contributed by atoms with Crippen molar-refractivity contribution in [3.63, 3.8) is 0 Å². The van der Waals surface area contributed by atoms with Crippen molar-refractivity contribution >= 4 is 29.2 Å². The Hall–Kier alpha value is -2.57. The first kappa shape index (κ1) is 13.4. The molecule has 1 aromatic rings. The maximum Gasteiger partial charge on any atom is 0.328 e. The monoisotopic (exact) mass is 288 g/mol. The lowest BCUT2D eigenvalue weighted by atomic mass is 9.90. The zero-order valence-corrected chi connectivity index (χ0v) is 11.8. The number of nitrogens with zero attached hydrogens (tertiary/aromatic N) is 1. The van der Waals surface area contributed by atoms with Crippen LogP contribution in [0.3, 0.4) is 0 Å². The number of imide groups is 2. The fourth-order valence-electron chi connectivity index (χ4n) is 2.76. The number of aryl methyl sites for hydroxylation is 1. The highest BCUT2D eigenvalue weighted by Crippen LogP contribution is 2.35. The molecule has 7 nitrogen and oxygen atoms in total. The van der Waals surface area contributed by atoms with Gasteiger partial charge in [0.05, 0.1) is 17.9 Å². The van der Waals surface area contributed by atoms with Crippen LogP contribution in [0.5, 0.6) is 0 Å². The van der Waals surface area contributed by atoms with Gasteiger partial charge in [0.15, 0.2) is 0 Å². The number of amides is 4. The number of anilines is 2. The Morgan fingerprint density at radius 3 is 2.48 bits per heavy atom. The van der Waals surface area contributed by atoms with E-state index in [1.54, 1.807) is 0 Å². The summed E-state index contributed by atoms with van der Waals surface area (Å²) in [4.78, 5) is 37.5. The topological polar surface area (TPSA) is 90.5 Å². The number of barbiturate groups is 1. The minimum atomic E-state index is -1.48. The van der Waals surface area contributed by atoms with Crippen LogP contribution < -0.4 is 20.9 Å². The van der Waals surface area contributed by atoms with Gasteiger partial charge in [0.2, 0.25) is 5.54 Å². The van der Waals surface area contributed by atoms with E-state index in [0.29, 0.717) is 5.69 Å². The maximum atomic E-state index is 12.2. The molecule has 0 bridgehead atoms. The molecule has 0 aliphatic carbocycles. The van der Waals surface area contributed by atoms with Crippen LogP contribution in [0.4, 0.5) is 16.2 Å². The Balaban J connectivity index is 2.05. The summed E-state index contributed by atoms with van der Waals surface area (Å²) in [6.45, 7) is 2.18. The van der Waals surface area contributed by atoms with E-state index in [0.717, 1.165) is 17.7 Å². The molecule has 2 aliphatic heterocycles. The van der Waals surface area contributed by atoms with Gasteiger partial charge in [-0.25, -0.2) is 4.79 Å². The van der Waals surface area contributed by atoms with E-state index in [4.69, 9.17) is 0 Å². The molecule has 21 heavy (non-hydrogen) atoms. The lowest BCUT2D eigenvalue weighted by Gasteiger charge is -2.43. The molecule has 4 amide bonds. The third-order valence-electron chi connectivity index (χ3n) is 3.93. The Morgan fingerprint density at radius 1 is 1.19 bits per heavy atom. The highest BCUT2D eigenvalue weighted by Gasteiger charge is 2.53. The van der Waals surface area contributed by atoms with Crippen molar-refractivity contribution in [2.45, 2.75) is 18.9 Å². The Morgan fingerprint density at radius 2 is 1.86 bits per heavy atom. The summed E-state index contributed by atoms with van der Waals surface area (Å²) < 4.78 is 0. The largest absolute Gasteiger partial charge is 0.369 e. The quantitative estimate of drug-likeness (QED) is 0.643. The van der Waals surface area contributed by atoms with Gasteiger partial charge in [-0.3, -0.25) is 20.2 Å². The minimum absolute atomic E-state index is 0.149. The molecule has 0 aromatic heterocycles. The van der Waals surface area contributed by atoms with E-state index in [9.17, 15) is 14.4 Å². The Labute approximate surface area is 121 Å². The van der Waals surface area contributed by atoms with Crippen LogP contribution in [0.1, 0.15) is 12.5 Å². The number of likely N-dealkylation sites (N-methyl/N-ethyl adjacent to an activating group) is 1. The molecule has 2 aliphatic rings. The molecular weight excluding hydrogens is 272 g/mol. The van der Waals surface area contributed by atoms with Gasteiger partial charge in [-0.05, 0) is 24.1 Å². The summed E-state index contributed by atoms with van der Waals surface area (Å²) in [5.41, 5.74) is 1.24. The molecule has 0 unspecified atom stereocenters. The third kappa shape index (κ3) is 1.93. The van der Waals surface area contributed by atoms with E-state index in [1.807, 2.05) is 37.1 Å². The fraction of sp³-hybridized carbons (Fsp3) is 0.357. The number of hydrogen-bond acceptors (Lipinski definition) is 5. The zero-order valence-electron chi connectivity index (χ0n) is 11.8. The smallest absolute Gasteiger partial charge is 0.328 e. The summed E-state index contributed by atoms with van der Waals surface area (Å²) in [5, 5.41) is 7.32. The molecular formula is C14H16N4O3. The second-order valence-electron chi connectivity index (χ2n) is 5.33. The van der Waals surface area contributed by atoms with Gasteiger partial charge >= 0.3 is 6.03 Å². The zero-order chi connectivity index (χ0) is 15.2. The summed E-state index contributed by atoms with van der Waals surface area (Å²) in [7, 11) is 1.81. The van der Waals surface area contributed by atoms with Gasteiger partial charge in [0, 0.05) is 7.05 Å². The molecule has 2 heterocycles. The molecule has 0 saturated carbocycles. The minimum Gasteiger partial charge on any atom is -0.369 e. The standard InChI is InChI=1S/C14H16N4O3/c1-3-8-4-5-10-9(6-8)17-14(7-18(10)2)11(19)15-13(21)16-12(14)20/h4-6,17H,3,7H2,1-2H3,(H2,15,16,19,20,21). The maximum absolute atomic E-state index is 12.2. The van der Waals surface area contributed by atoms with Gasteiger partial charge in [-0.2, -0.15) is 0 Å². The van der Waals surface area contributed by atoms with Crippen LogP contribution in [-0.4, -0.2) is 37.0 Å². The second kappa shape index (κ2) is 4.47. The number of benzene rings is 1. The summed E-state index contributed by atoms with van der Waals surface area (Å²) in [5.74, 6) is -1.26. The number of nitrogens with one attached hydrogen (secondary N) is 3. The van der Waals surface area contributed by atoms with Crippen molar-refractivity contribution in [2.24, 2.45) is 0 Å². The van der Waals surface area contributed by atoms with Crippen LogP contribution in [0.25, 0.3) is 0 Å². The second-order valence-corrected chi connectivity index (χ2v) is 5.33. The number of fused-ring (bicyclic) bond motifs is 1. The van der Waals surface area contributed by atoms with Gasteiger partial charge in [-0.1, -0.05) is 13.0 Å². The molecule has 0 radical (unpaired) electrons. The average Bonchev–Trinajstić information content (AvgIpc) is 2.44. The summed E-state index contributed by atoms with van der Waals surface area (Å²) in [6.07, 6.45) is 0.850. The lowest BCUT2D eigenvalue weighted by molar-refractivity contribution is -0.136. The van der Waals surface area contributed by atoms with Gasteiger partial charge < -0.3 is 10.2 Å². The van der Waals surface area contributed by atoms with Gasteiger partial charge in [0.1, 0.15) is 0 Å². The molecule has 7 heteroatoms. The summed E-state index contributed by atoms with van der Waals surface area (Å²) in [6, 6.07) is 5.11. The Kier molecular flexibility index (Phi) is 2.86. The third-order valence-corrected chi connectivity index (χ3v) is 3.93. The van der Waals surface area contributed by atoms with Crippen LogP contribution in [-0.2, 0) is 16.0 Å². The van der Waals surface area contributed by atoms with Crippen molar-refractivity contribution in [3.8, 4) is 0 Å². The first-order valence-electron chi connectivity index (χ1n) is 6.75. The molecule has 1 spiro atoms. The lowest BCUT2D eigenvalue weighted by Crippen LogP contribution is -2.74. The highest BCUT2D eigenvalue weighted by atomic mass is 16.2. The van der Waals surface area contributed by atoms with E-state index in [-0.39, 0.29) is 6.54 Å². The average molecular weight is 288 g/mol. The first-order chi connectivity index (χ1) is 9.96. The normalized spacial score (nSPS) is 19.7. The number of carbonyl (C=O) groups is 3. The van der Waals surface area contributed by atoms with Crippen molar-refractivity contribution < 1.29 is 14.4 Å². The van der Waals surface area contributed by atoms with Crippen molar-refractivity contribution in [3.05, 3.63) is 23.8 Å². The van der Waals surface area contributed by atoms with Crippen molar-refractivity contribution in [2.75, 3.05) is 23.8 Å². The highest BCUT2D eigenvalue weighted by molar-refractivity contribution is 6.25. The molecule has 3 rings (SSSR count). The van der Waals surface area contributed by atoms with Gasteiger partial charge in [0.25, 0.3) is 11.8 Å². The number of hydrogen-bond donors (Lipinski definition) is 3. The van der Waals surface area contributed by atoms with E-state index >= 15 is 0 Å². The number of rotatable bonds is 1. The van der Waals surface area contributed by atoms with E-state index in [1.165, 1.54) is 0 Å². The van der Waals surface area contributed by atoms with Crippen LogP contribution in [0.15, 0.2) is 18.2 Å².